The van der Waals surface area contributed by atoms with Crippen LogP contribution in [0.25, 0.3) is 0 Å². The Bertz CT molecular complexity index is 338. The number of unbranched alkanes of at least 4 members (excludes halogenated alkanes) is 1. The summed E-state index contributed by atoms with van der Waals surface area (Å²) in [5.41, 5.74) is 6.95. The maximum atomic E-state index is 11.4. The van der Waals surface area contributed by atoms with Crippen LogP contribution in [0.4, 0.5) is 16.2 Å². The molecule has 4 N–H and O–H groups in total. The molecule has 0 unspecified atom stereocenters. The van der Waals surface area contributed by atoms with Crippen LogP contribution in [0.2, 0.25) is 0 Å². The molecule has 2 amide bonds. The van der Waals surface area contributed by atoms with Gasteiger partial charge in [0.1, 0.15) is 0 Å². The van der Waals surface area contributed by atoms with Crippen LogP contribution in [0, 0.1) is 0 Å². The summed E-state index contributed by atoms with van der Waals surface area (Å²) in [5.74, 6) is 0. The topological polar surface area (TPSA) is 76.4 Å². The number of methoxy groups -OCH3 is 1. The molecule has 0 aromatic heterocycles. The van der Waals surface area contributed by atoms with Crippen molar-refractivity contribution < 1.29 is 9.53 Å². The molecular formula is C12H19N3O2. The molecule has 94 valence electrons. The zero-order valence-corrected chi connectivity index (χ0v) is 10.0. The van der Waals surface area contributed by atoms with Gasteiger partial charge in [-0.1, -0.05) is 0 Å². The minimum absolute atomic E-state index is 0.202. The highest BCUT2D eigenvalue weighted by Gasteiger charge is 2.00. The molecule has 0 radical (unpaired) electrons. The highest BCUT2D eigenvalue weighted by atomic mass is 16.5. The van der Waals surface area contributed by atoms with Crippen molar-refractivity contribution in [1.29, 1.82) is 0 Å². The van der Waals surface area contributed by atoms with Gasteiger partial charge in [0.15, 0.2) is 0 Å². The molecule has 0 saturated carbocycles. The maximum absolute atomic E-state index is 11.4. The van der Waals surface area contributed by atoms with Gasteiger partial charge in [-0.15, -0.1) is 0 Å². The molecule has 0 bridgehead atoms. The van der Waals surface area contributed by atoms with Crippen molar-refractivity contribution >= 4 is 17.4 Å². The average Bonchev–Trinajstić information content (AvgIpc) is 2.32. The van der Waals surface area contributed by atoms with Crippen LogP contribution in [-0.4, -0.2) is 26.3 Å². The van der Waals surface area contributed by atoms with Gasteiger partial charge in [-0.25, -0.2) is 4.79 Å². The van der Waals surface area contributed by atoms with E-state index in [1.807, 2.05) is 0 Å². The third-order valence-electron chi connectivity index (χ3n) is 2.23. The van der Waals surface area contributed by atoms with Gasteiger partial charge in [-0.2, -0.15) is 0 Å². The van der Waals surface area contributed by atoms with Gasteiger partial charge in [-0.3, -0.25) is 0 Å². The largest absolute Gasteiger partial charge is 0.399 e. The number of nitrogens with one attached hydrogen (secondary N) is 2. The Morgan fingerprint density at radius 2 is 2.00 bits per heavy atom. The molecule has 1 aromatic rings. The van der Waals surface area contributed by atoms with E-state index < -0.39 is 0 Å². The van der Waals surface area contributed by atoms with Crippen molar-refractivity contribution in [1.82, 2.24) is 5.32 Å². The van der Waals surface area contributed by atoms with Crippen LogP contribution < -0.4 is 16.4 Å². The van der Waals surface area contributed by atoms with Gasteiger partial charge in [0.05, 0.1) is 0 Å². The number of ether oxygens (including phenoxy) is 1. The zero-order chi connectivity index (χ0) is 12.5. The van der Waals surface area contributed by atoms with Gasteiger partial charge in [0.25, 0.3) is 0 Å². The Labute approximate surface area is 101 Å². The second-order valence-electron chi connectivity index (χ2n) is 3.70. The highest BCUT2D eigenvalue weighted by molar-refractivity contribution is 5.89. The van der Waals surface area contributed by atoms with Crippen molar-refractivity contribution in [3.8, 4) is 0 Å². The first-order chi connectivity index (χ1) is 8.22. The number of amides is 2. The van der Waals surface area contributed by atoms with E-state index in [-0.39, 0.29) is 6.03 Å². The third kappa shape index (κ3) is 5.77. The highest BCUT2D eigenvalue weighted by Crippen LogP contribution is 2.09. The fraction of sp³-hybridized carbons (Fsp3) is 0.417. The molecular weight excluding hydrogens is 218 g/mol. The minimum Gasteiger partial charge on any atom is -0.399 e. The van der Waals surface area contributed by atoms with E-state index in [1.54, 1.807) is 31.4 Å². The van der Waals surface area contributed by atoms with Crippen molar-refractivity contribution in [2.75, 3.05) is 31.3 Å². The lowest BCUT2D eigenvalue weighted by Gasteiger charge is -2.07. The molecule has 0 fully saturated rings. The molecule has 5 heteroatoms. The van der Waals surface area contributed by atoms with Crippen LogP contribution in [0.5, 0.6) is 0 Å². The van der Waals surface area contributed by atoms with Gasteiger partial charge >= 0.3 is 6.03 Å². The zero-order valence-electron chi connectivity index (χ0n) is 10.0. The van der Waals surface area contributed by atoms with E-state index in [4.69, 9.17) is 10.5 Å². The number of anilines is 2. The van der Waals surface area contributed by atoms with Crippen LogP contribution in [0.15, 0.2) is 24.3 Å². The molecule has 0 heterocycles. The summed E-state index contributed by atoms with van der Waals surface area (Å²) in [5, 5.41) is 5.49. The summed E-state index contributed by atoms with van der Waals surface area (Å²) in [6, 6.07) is 6.81. The normalized spacial score (nSPS) is 9.94. The first kappa shape index (κ1) is 13.3. The van der Waals surface area contributed by atoms with E-state index in [1.165, 1.54) is 0 Å². The smallest absolute Gasteiger partial charge is 0.319 e. The van der Waals surface area contributed by atoms with Crippen LogP contribution in [0.1, 0.15) is 12.8 Å². The summed E-state index contributed by atoms with van der Waals surface area (Å²) in [7, 11) is 1.67. The van der Waals surface area contributed by atoms with Crippen LogP contribution in [-0.2, 0) is 4.74 Å². The molecule has 17 heavy (non-hydrogen) atoms. The first-order valence-corrected chi connectivity index (χ1v) is 5.61. The van der Waals surface area contributed by atoms with Gasteiger partial charge in [0, 0.05) is 31.6 Å². The van der Waals surface area contributed by atoms with E-state index in [0.29, 0.717) is 12.2 Å². The van der Waals surface area contributed by atoms with Crippen LogP contribution >= 0.6 is 0 Å². The lowest BCUT2D eigenvalue weighted by molar-refractivity contribution is 0.192. The molecule has 0 aliphatic heterocycles. The molecule has 1 aromatic carbocycles. The fourth-order valence-corrected chi connectivity index (χ4v) is 1.32. The summed E-state index contributed by atoms with van der Waals surface area (Å²) in [6.07, 6.45) is 1.85. The van der Waals surface area contributed by atoms with Gasteiger partial charge in [0.2, 0.25) is 0 Å². The SMILES string of the molecule is COCCCCNC(=O)Nc1ccc(N)cc1. The number of nitrogen functional groups attached to an aromatic ring is 1. The second kappa shape index (κ2) is 7.51. The molecule has 5 nitrogen and oxygen atoms in total. The van der Waals surface area contributed by atoms with Crippen molar-refractivity contribution in [3.05, 3.63) is 24.3 Å². The molecule has 0 spiro atoms. The first-order valence-electron chi connectivity index (χ1n) is 5.61. The number of urea groups is 1. The Morgan fingerprint density at radius 1 is 1.29 bits per heavy atom. The van der Waals surface area contributed by atoms with Crippen molar-refractivity contribution in [3.63, 3.8) is 0 Å². The van der Waals surface area contributed by atoms with Crippen LogP contribution in [0.3, 0.4) is 0 Å². The molecule has 0 saturated heterocycles. The number of rotatable bonds is 6. The monoisotopic (exact) mass is 237 g/mol. The quantitative estimate of drug-likeness (QED) is 0.521. The predicted octanol–water partition coefficient (Wildman–Crippen LogP) is 1.82. The number of nitrogens with two attached hydrogens (primary N) is 1. The maximum Gasteiger partial charge on any atom is 0.319 e. The molecule has 0 aliphatic carbocycles. The molecule has 0 aliphatic rings. The Balaban J connectivity index is 2.18. The number of carbonyl (C=O) groups excluding carboxylic acids is 1. The standard InChI is InChI=1S/C12H19N3O2/c1-17-9-3-2-8-14-12(16)15-11-6-4-10(13)5-7-11/h4-7H,2-3,8-9,13H2,1H3,(H2,14,15,16). The summed E-state index contributed by atoms with van der Waals surface area (Å²) < 4.78 is 4.92. The number of benzene rings is 1. The van der Waals surface area contributed by atoms with Crippen molar-refractivity contribution in [2.45, 2.75) is 12.8 Å². The Morgan fingerprint density at radius 3 is 2.65 bits per heavy atom. The Kier molecular flexibility index (Phi) is 5.88. The number of hydrogen-bond donors (Lipinski definition) is 3. The number of carbonyl (C=O) groups is 1. The van der Waals surface area contributed by atoms with Gasteiger partial charge in [-0.05, 0) is 37.1 Å². The Hall–Kier alpha value is -1.75. The molecule has 1 rings (SSSR count). The summed E-state index contributed by atoms with van der Waals surface area (Å²) in [4.78, 5) is 11.4. The minimum atomic E-state index is -0.202. The van der Waals surface area contributed by atoms with E-state index in [2.05, 4.69) is 10.6 Å². The van der Waals surface area contributed by atoms with E-state index in [9.17, 15) is 4.79 Å². The fourth-order valence-electron chi connectivity index (χ4n) is 1.32. The van der Waals surface area contributed by atoms with Gasteiger partial charge < -0.3 is 21.1 Å². The summed E-state index contributed by atoms with van der Waals surface area (Å²) >= 11 is 0. The summed E-state index contributed by atoms with van der Waals surface area (Å²) in [6.45, 7) is 1.37. The number of hydrogen-bond acceptors (Lipinski definition) is 3. The van der Waals surface area contributed by atoms with E-state index in [0.717, 1.165) is 25.1 Å². The lowest BCUT2D eigenvalue weighted by atomic mass is 10.3. The van der Waals surface area contributed by atoms with Crippen molar-refractivity contribution in [2.24, 2.45) is 0 Å². The third-order valence-corrected chi connectivity index (χ3v) is 2.23. The lowest BCUT2D eigenvalue weighted by Crippen LogP contribution is -2.29. The predicted molar refractivity (Wildman–Crippen MR) is 69.0 cm³/mol. The second-order valence-corrected chi connectivity index (χ2v) is 3.70. The van der Waals surface area contributed by atoms with E-state index >= 15 is 0 Å². The average molecular weight is 237 g/mol. The molecule has 0 atom stereocenters.